The maximum absolute atomic E-state index is 12.9. The van der Waals surface area contributed by atoms with Gasteiger partial charge in [-0.05, 0) is 43.3 Å². The third-order valence-electron chi connectivity index (χ3n) is 3.84. The number of aliphatic hydroxyl groups excluding tert-OH is 1. The van der Waals surface area contributed by atoms with Crippen molar-refractivity contribution in [3.8, 4) is 11.8 Å². The molecule has 8 heteroatoms. The van der Waals surface area contributed by atoms with Crippen molar-refractivity contribution >= 4 is 22.6 Å². The fourth-order valence-corrected chi connectivity index (χ4v) is 2.42. The summed E-state index contributed by atoms with van der Waals surface area (Å²) in [4.78, 5) is 19.2. The molecule has 0 unspecified atom stereocenters. The monoisotopic (exact) mass is 381 g/mol. The van der Waals surface area contributed by atoms with Crippen molar-refractivity contribution in [3.63, 3.8) is 0 Å². The molecular formula is C20H16FN3O4. The van der Waals surface area contributed by atoms with E-state index in [4.69, 9.17) is 9.47 Å². The van der Waals surface area contributed by atoms with Gasteiger partial charge in [0.15, 0.2) is 17.7 Å². The van der Waals surface area contributed by atoms with Crippen LogP contribution in [0.4, 0.5) is 4.39 Å². The molecule has 0 saturated heterocycles. The van der Waals surface area contributed by atoms with Crippen LogP contribution in [0.3, 0.4) is 0 Å². The number of nitrogens with zero attached hydrogens (tertiary/aromatic N) is 2. The van der Waals surface area contributed by atoms with Crippen LogP contribution in [0.15, 0.2) is 54.3 Å². The average molecular weight is 381 g/mol. The molecule has 2 aromatic carbocycles. The van der Waals surface area contributed by atoms with E-state index < -0.39 is 30.3 Å². The van der Waals surface area contributed by atoms with Crippen molar-refractivity contribution in [2.75, 3.05) is 6.61 Å². The van der Waals surface area contributed by atoms with Gasteiger partial charge in [0.2, 0.25) is 0 Å². The van der Waals surface area contributed by atoms with E-state index >= 15 is 0 Å². The third-order valence-corrected chi connectivity index (χ3v) is 3.84. The summed E-state index contributed by atoms with van der Waals surface area (Å²) in [5.41, 5.74) is 1.21. The Morgan fingerprint density at radius 3 is 2.68 bits per heavy atom. The number of nitriles is 1. The summed E-state index contributed by atoms with van der Waals surface area (Å²) in [5, 5.41) is 19.5. The molecule has 0 spiro atoms. The van der Waals surface area contributed by atoms with E-state index in [1.54, 1.807) is 18.2 Å². The van der Waals surface area contributed by atoms with Gasteiger partial charge < -0.3 is 19.6 Å². The minimum Gasteiger partial charge on any atom is -0.507 e. The van der Waals surface area contributed by atoms with Gasteiger partial charge in [0.25, 0.3) is 0 Å². The second-order valence-corrected chi connectivity index (χ2v) is 5.86. The standard InChI is InChI=1S/C20H16FN3O4/c1-12(28-14-8-6-13(21)7-9-14)20(26)27-11-18(25)15(10-22)19-23-16-4-2-3-5-17(16)24-19/h2-9,12,25H,11H2,1H3,(H,23,24)/b18-15-/t12-/m1/s1. The van der Waals surface area contributed by atoms with E-state index in [0.29, 0.717) is 16.8 Å². The van der Waals surface area contributed by atoms with Gasteiger partial charge in [-0.3, -0.25) is 0 Å². The molecule has 0 aliphatic heterocycles. The van der Waals surface area contributed by atoms with Gasteiger partial charge in [0.1, 0.15) is 29.8 Å². The number of hydrogen-bond acceptors (Lipinski definition) is 6. The van der Waals surface area contributed by atoms with E-state index in [-0.39, 0.29) is 11.4 Å². The molecule has 1 aromatic heterocycles. The molecule has 28 heavy (non-hydrogen) atoms. The number of aliphatic hydroxyl groups is 1. The van der Waals surface area contributed by atoms with Crippen LogP contribution in [-0.2, 0) is 9.53 Å². The summed E-state index contributed by atoms with van der Waals surface area (Å²) in [6, 6.07) is 14.2. The van der Waals surface area contributed by atoms with Crippen LogP contribution in [0.25, 0.3) is 16.6 Å². The summed E-state index contributed by atoms with van der Waals surface area (Å²) in [6.45, 7) is 0.937. The normalized spacial score (nSPS) is 12.8. The molecule has 0 radical (unpaired) electrons. The van der Waals surface area contributed by atoms with Gasteiger partial charge in [-0.15, -0.1) is 0 Å². The molecular weight excluding hydrogens is 365 g/mol. The Hall–Kier alpha value is -3.86. The molecule has 0 fully saturated rings. The quantitative estimate of drug-likeness (QED) is 0.384. The number of imidazole rings is 1. The van der Waals surface area contributed by atoms with Crippen LogP contribution < -0.4 is 4.74 Å². The number of halogens is 1. The number of hydrogen-bond donors (Lipinski definition) is 2. The molecule has 3 rings (SSSR count). The van der Waals surface area contributed by atoms with E-state index in [9.17, 15) is 19.6 Å². The van der Waals surface area contributed by atoms with E-state index in [2.05, 4.69) is 9.97 Å². The highest BCUT2D eigenvalue weighted by molar-refractivity contribution is 5.83. The molecule has 142 valence electrons. The predicted octanol–water partition coefficient (Wildman–Crippen LogP) is 3.51. The maximum atomic E-state index is 12.9. The van der Waals surface area contributed by atoms with Gasteiger partial charge in [-0.1, -0.05) is 12.1 Å². The number of ether oxygens (including phenoxy) is 2. The summed E-state index contributed by atoms with van der Waals surface area (Å²) >= 11 is 0. The number of carbonyl (C=O) groups is 1. The fourth-order valence-electron chi connectivity index (χ4n) is 2.42. The SMILES string of the molecule is C[C@@H](Oc1ccc(F)cc1)C(=O)OC/C(O)=C(\C#N)c1nc2ccccc2[nH]1. The predicted molar refractivity (Wildman–Crippen MR) is 98.7 cm³/mol. The molecule has 7 nitrogen and oxygen atoms in total. The number of benzene rings is 2. The first-order valence-corrected chi connectivity index (χ1v) is 8.34. The number of para-hydroxylation sites is 2. The zero-order chi connectivity index (χ0) is 20.1. The molecule has 1 heterocycles. The Labute approximate surface area is 159 Å². The minimum absolute atomic E-state index is 0.129. The number of carbonyl (C=O) groups excluding carboxylic acids is 1. The third kappa shape index (κ3) is 4.27. The lowest BCUT2D eigenvalue weighted by Gasteiger charge is -2.14. The lowest BCUT2D eigenvalue weighted by Crippen LogP contribution is -2.27. The first-order chi connectivity index (χ1) is 13.5. The van der Waals surface area contributed by atoms with E-state index in [1.165, 1.54) is 31.2 Å². The van der Waals surface area contributed by atoms with Crippen LogP contribution in [0.5, 0.6) is 5.75 Å². The number of aromatic amines is 1. The number of allylic oxidation sites excluding steroid dienone is 1. The van der Waals surface area contributed by atoms with Crippen LogP contribution in [0, 0.1) is 17.1 Å². The van der Waals surface area contributed by atoms with Crippen molar-refractivity contribution in [2.45, 2.75) is 13.0 Å². The van der Waals surface area contributed by atoms with Gasteiger partial charge in [0.05, 0.1) is 11.0 Å². The summed E-state index contributed by atoms with van der Waals surface area (Å²) in [7, 11) is 0. The summed E-state index contributed by atoms with van der Waals surface area (Å²) < 4.78 is 23.2. The maximum Gasteiger partial charge on any atom is 0.347 e. The minimum atomic E-state index is -0.991. The smallest absolute Gasteiger partial charge is 0.347 e. The van der Waals surface area contributed by atoms with Crippen molar-refractivity contribution < 1.29 is 23.8 Å². The molecule has 0 aliphatic rings. The largest absolute Gasteiger partial charge is 0.507 e. The van der Waals surface area contributed by atoms with Crippen molar-refractivity contribution in [2.24, 2.45) is 0 Å². The highest BCUT2D eigenvalue weighted by Gasteiger charge is 2.19. The Morgan fingerprint density at radius 1 is 1.29 bits per heavy atom. The van der Waals surface area contributed by atoms with Gasteiger partial charge in [-0.25, -0.2) is 14.2 Å². The Kier molecular flexibility index (Phi) is 5.56. The van der Waals surface area contributed by atoms with E-state index in [0.717, 1.165) is 0 Å². The Balaban J connectivity index is 1.66. The number of aromatic nitrogens is 2. The van der Waals surface area contributed by atoms with Crippen LogP contribution in [0.1, 0.15) is 12.7 Å². The second-order valence-electron chi connectivity index (χ2n) is 5.86. The van der Waals surface area contributed by atoms with Crippen LogP contribution in [-0.4, -0.2) is 33.8 Å². The number of H-pyrrole nitrogens is 1. The summed E-state index contributed by atoms with van der Waals surface area (Å²) in [5.74, 6) is -1.15. The molecule has 2 N–H and O–H groups in total. The molecule has 0 bridgehead atoms. The molecule has 1 atom stereocenters. The van der Waals surface area contributed by atoms with Gasteiger partial charge >= 0.3 is 5.97 Å². The van der Waals surface area contributed by atoms with E-state index in [1.807, 2.05) is 12.1 Å². The van der Waals surface area contributed by atoms with Crippen molar-refractivity contribution in [1.82, 2.24) is 9.97 Å². The van der Waals surface area contributed by atoms with Crippen molar-refractivity contribution in [3.05, 3.63) is 65.9 Å². The first-order valence-electron chi connectivity index (χ1n) is 8.34. The average Bonchev–Trinajstić information content (AvgIpc) is 3.12. The van der Waals surface area contributed by atoms with Crippen LogP contribution >= 0.6 is 0 Å². The van der Waals surface area contributed by atoms with Crippen molar-refractivity contribution in [1.29, 1.82) is 5.26 Å². The Bertz CT molecular complexity index is 1030. The first kappa shape index (κ1) is 18.9. The lowest BCUT2D eigenvalue weighted by atomic mass is 10.2. The number of fused-ring (bicyclic) bond motifs is 1. The van der Waals surface area contributed by atoms with Gasteiger partial charge in [-0.2, -0.15) is 5.26 Å². The highest BCUT2D eigenvalue weighted by Crippen LogP contribution is 2.19. The molecule has 3 aromatic rings. The Morgan fingerprint density at radius 2 is 2.00 bits per heavy atom. The second kappa shape index (κ2) is 8.22. The summed E-state index contributed by atoms with van der Waals surface area (Å²) in [6.07, 6.45) is -0.991. The highest BCUT2D eigenvalue weighted by atomic mass is 19.1. The van der Waals surface area contributed by atoms with Gasteiger partial charge in [0, 0.05) is 0 Å². The topological polar surface area (TPSA) is 108 Å². The number of nitrogens with one attached hydrogen (secondary N) is 1. The molecule has 0 amide bonds. The number of rotatable bonds is 6. The van der Waals surface area contributed by atoms with Crippen LogP contribution in [0.2, 0.25) is 0 Å². The molecule has 0 saturated carbocycles. The fraction of sp³-hybridized carbons (Fsp3) is 0.150. The number of esters is 1. The lowest BCUT2D eigenvalue weighted by molar-refractivity contribution is -0.150. The zero-order valence-electron chi connectivity index (χ0n) is 14.8. The zero-order valence-corrected chi connectivity index (χ0v) is 14.8. The molecule has 0 aliphatic carbocycles.